The van der Waals surface area contributed by atoms with Crippen molar-refractivity contribution in [2.24, 2.45) is 0 Å². The molecular formula is C13H19N3O3S. The second-order valence-electron chi connectivity index (χ2n) is 4.21. The first-order valence-electron chi connectivity index (χ1n) is 6.25. The highest BCUT2D eigenvalue weighted by atomic mass is 32.2. The van der Waals surface area contributed by atoms with Crippen molar-refractivity contribution < 1.29 is 9.59 Å². The topological polar surface area (TPSA) is 80.2 Å². The van der Waals surface area contributed by atoms with Gasteiger partial charge in [-0.3, -0.25) is 14.4 Å². The summed E-state index contributed by atoms with van der Waals surface area (Å²) in [6.45, 7) is 2.59. The van der Waals surface area contributed by atoms with Gasteiger partial charge in [-0.1, -0.05) is 6.07 Å². The summed E-state index contributed by atoms with van der Waals surface area (Å²) in [6.07, 6.45) is 1.70. The SMILES string of the molecule is CNC(=O)CSCC(=O)NCCn1cccc(C)c1=O. The smallest absolute Gasteiger partial charge is 0.253 e. The number of nitrogens with zero attached hydrogens (tertiary/aromatic N) is 1. The number of carbonyl (C=O) groups excluding carboxylic acids is 2. The number of hydrogen-bond acceptors (Lipinski definition) is 4. The maximum atomic E-state index is 11.7. The Labute approximate surface area is 121 Å². The summed E-state index contributed by atoms with van der Waals surface area (Å²) >= 11 is 1.25. The van der Waals surface area contributed by atoms with E-state index >= 15 is 0 Å². The number of nitrogens with one attached hydrogen (secondary N) is 2. The van der Waals surface area contributed by atoms with E-state index in [1.807, 2.05) is 0 Å². The lowest BCUT2D eigenvalue weighted by Gasteiger charge is -2.08. The molecule has 110 valence electrons. The molecule has 0 fully saturated rings. The van der Waals surface area contributed by atoms with Crippen LogP contribution in [-0.4, -0.2) is 41.5 Å². The quantitative estimate of drug-likeness (QED) is 0.727. The lowest BCUT2D eigenvalue weighted by molar-refractivity contribution is -0.118. The van der Waals surface area contributed by atoms with Crippen LogP contribution in [0.4, 0.5) is 0 Å². The average molecular weight is 297 g/mol. The Kier molecular flexibility index (Phi) is 6.86. The molecule has 1 heterocycles. The maximum Gasteiger partial charge on any atom is 0.253 e. The molecule has 6 nitrogen and oxygen atoms in total. The molecule has 1 aromatic rings. The minimum atomic E-state index is -0.139. The molecule has 2 N–H and O–H groups in total. The molecule has 0 radical (unpaired) electrons. The summed E-state index contributed by atoms with van der Waals surface area (Å²) in [5, 5.41) is 5.20. The second-order valence-corrected chi connectivity index (χ2v) is 5.19. The zero-order valence-electron chi connectivity index (χ0n) is 11.6. The van der Waals surface area contributed by atoms with Gasteiger partial charge >= 0.3 is 0 Å². The number of hydrogen-bond donors (Lipinski definition) is 2. The van der Waals surface area contributed by atoms with E-state index in [0.717, 1.165) is 0 Å². The van der Waals surface area contributed by atoms with E-state index in [-0.39, 0.29) is 28.9 Å². The van der Waals surface area contributed by atoms with E-state index in [4.69, 9.17) is 0 Å². The van der Waals surface area contributed by atoms with Crippen molar-refractivity contribution in [3.05, 3.63) is 34.2 Å². The van der Waals surface area contributed by atoms with Crippen molar-refractivity contribution in [1.82, 2.24) is 15.2 Å². The highest BCUT2D eigenvalue weighted by Gasteiger charge is 2.04. The number of carbonyl (C=O) groups is 2. The molecule has 1 rings (SSSR count). The van der Waals surface area contributed by atoms with Crippen LogP contribution in [0.15, 0.2) is 23.1 Å². The van der Waals surface area contributed by atoms with E-state index in [0.29, 0.717) is 18.7 Å². The van der Waals surface area contributed by atoms with Crippen molar-refractivity contribution in [3.63, 3.8) is 0 Å². The van der Waals surface area contributed by atoms with Gasteiger partial charge in [0, 0.05) is 31.9 Å². The number of thioether (sulfide) groups is 1. The van der Waals surface area contributed by atoms with Crippen molar-refractivity contribution in [3.8, 4) is 0 Å². The summed E-state index contributed by atoms with van der Waals surface area (Å²) in [5.74, 6) is 0.255. The number of amides is 2. The van der Waals surface area contributed by atoms with Crippen molar-refractivity contribution in [2.75, 3.05) is 25.1 Å². The van der Waals surface area contributed by atoms with Gasteiger partial charge in [0.2, 0.25) is 11.8 Å². The first-order chi connectivity index (χ1) is 9.54. The fourth-order valence-electron chi connectivity index (χ4n) is 1.51. The third-order valence-electron chi connectivity index (χ3n) is 2.63. The number of pyridine rings is 1. The fraction of sp³-hybridized carbons (Fsp3) is 0.462. The summed E-state index contributed by atoms with van der Waals surface area (Å²) < 4.78 is 1.56. The fourth-order valence-corrected chi connectivity index (χ4v) is 2.23. The monoisotopic (exact) mass is 297 g/mol. The Morgan fingerprint density at radius 3 is 2.70 bits per heavy atom. The molecule has 0 atom stereocenters. The van der Waals surface area contributed by atoms with E-state index in [1.54, 1.807) is 36.9 Å². The molecule has 7 heteroatoms. The van der Waals surface area contributed by atoms with E-state index < -0.39 is 0 Å². The van der Waals surface area contributed by atoms with Crippen LogP contribution in [0.2, 0.25) is 0 Å². The van der Waals surface area contributed by atoms with Gasteiger partial charge in [0.05, 0.1) is 11.5 Å². The molecule has 0 spiro atoms. The van der Waals surface area contributed by atoms with Crippen LogP contribution in [0, 0.1) is 6.92 Å². The highest BCUT2D eigenvalue weighted by Crippen LogP contribution is 1.97. The lowest BCUT2D eigenvalue weighted by atomic mass is 10.3. The Balaban J connectivity index is 2.27. The van der Waals surface area contributed by atoms with Crippen LogP contribution in [0.3, 0.4) is 0 Å². The molecule has 1 aromatic heterocycles. The first kappa shape index (κ1) is 16.3. The van der Waals surface area contributed by atoms with Gasteiger partial charge in [0.25, 0.3) is 5.56 Å². The predicted octanol–water partition coefficient (Wildman–Crippen LogP) is -0.248. The molecule has 0 unspecified atom stereocenters. The zero-order chi connectivity index (χ0) is 15.0. The van der Waals surface area contributed by atoms with Crippen molar-refractivity contribution >= 4 is 23.6 Å². The molecule has 0 aliphatic heterocycles. The van der Waals surface area contributed by atoms with E-state index in [9.17, 15) is 14.4 Å². The Hall–Kier alpha value is -1.76. The summed E-state index contributed by atoms with van der Waals surface area (Å²) in [4.78, 5) is 34.2. The summed E-state index contributed by atoms with van der Waals surface area (Å²) in [5.41, 5.74) is 0.635. The van der Waals surface area contributed by atoms with Gasteiger partial charge in [-0.15, -0.1) is 11.8 Å². The molecule has 0 saturated heterocycles. The second kappa shape index (κ2) is 8.42. The van der Waals surface area contributed by atoms with Crippen LogP contribution in [0.5, 0.6) is 0 Å². The van der Waals surface area contributed by atoms with E-state index in [2.05, 4.69) is 10.6 Å². The molecular weight excluding hydrogens is 278 g/mol. The molecule has 2 amide bonds. The first-order valence-corrected chi connectivity index (χ1v) is 7.41. The molecule has 0 aliphatic carbocycles. The molecule has 0 saturated carbocycles. The van der Waals surface area contributed by atoms with Crippen LogP contribution in [0.25, 0.3) is 0 Å². The number of aryl methyl sites for hydroxylation is 1. The zero-order valence-corrected chi connectivity index (χ0v) is 12.5. The Bertz CT molecular complexity index is 528. The standard InChI is InChI=1S/C13H19N3O3S/c1-10-4-3-6-16(13(10)19)7-5-15-12(18)9-20-8-11(17)14-2/h3-4,6H,5,7-9H2,1-2H3,(H,14,17)(H,15,18). The maximum absolute atomic E-state index is 11.7. The summed E-state index contributed by atoms with van der Waals surface area (Å²) in [6, 6.07) is 3.56. The molecule has 0 aliphatic rings. The molecule has 0 bridgehead atoms. The minimum Gasteiger partial charge on any atom is -0.358 e. The van der Waals surface area contributed by atoms with Gasteiger partial charge < -0.3 is 15.2 Å². The minimum absolute atomic E-state index is 0.0456. The number of rotatable bonds is 7. The van der Waals surface area contributed by atoms with Gasteiger partial charge in [-0.2, -0.15) is 0 Å². The van der Waals surface area contributed by atoms with Crippen molar-refractivity contribution in [1.29, 1.82) is 0 Å². The van der Waals surface area contributed by atoms with Gasteiger partial charge in [-0.25, -0.2) is 0 Å². The molecule has 0 aromatic carbocycles. The highest BCUT2D eigenvalue weighted by molar-refractivity contribution is 8.00. The Morgan fingerprint density at radius 1 is 1.30 bits per heavy atom. The van der Waals surface area contributed by atoms with Crippen LogP contribution in [-0.2, 0) is 16.1 Å². The molecule has 20 heavy (non-hydrogen) atoms. The Morgan fingerprint density at radius 2 is 2.00 bits per heavy atom. The number of aromatic nitrogens is 1. The lowest BCUT2D eigenvalue weighted by Crippen LogP contribution is -2.32. The van der Waals surface area contributed by atoms with E-state index in [1.165, 1.54) is 11.8 Å². The third kappa shape index (κ3) is 5.48. The van der Waals surface area contributed by atoms with Crippen molar-refractivity contribution in [2.45, 2.75) is 13.5 Å². The third-order valence-corrected chi connectivity index (χ3v) is 3.56. The predicted molar refractivity (Wildman–Crippen MR) is 79.8 cm³/mol. The van der Waals surface area contributed by atoms with Crippen LogP contribution < -0.4 is 16.2 Å². The largest absolute Gasteiger partial charge is 0.358 e. The van der Waals surface area contributed by atoms with Gasteiger partial charge in [-0.05, 0) is 13.0 Å². The van der Waals surface area contributed by atoms with Gasteiger partial charge in [0.1, 0.15) is 0 Å². The van der Waals surface area contributed by atoms with Crippen LogP contribution >= 0.6 is 11.8 Å². The summed E-state index contributed by atoms with van der Waals surface area (Å²) in [7, 11) is 1.56. The normalized spacial score (nSPS) is 10.1. The van der Waals surface area contributed by atoms with Crippen LogP contribution in [0.1, 0.15) is 5.56 Å². The van der Waals surface area contributed by atoms with Gasteiger partial charge in [0.15, 0.2) is 0 Å². The average Bonchev–Trinajstić information content (AvgIpc) is 2.43.